The first-order chi connectivity index (χ1) is 42.7. The van der Waals surface area contributed by atoms with Gasteiger partial charge in [0.15, 0.2) is 30.1 Å². The minimum atomic E-state index is -2.60. The molecule has 28 heteroatoms. The molecule has 8 rings (SSSR count). The maximum Gasteiger partial charge on any atom is 0.408 e. The van der Waals surface area contributed by atoms with E-state index in [4.69, 9.17) is 57.8 Å². The Morgan fingerprint density at radius 2 is 1.46 bits per heavy atom. The van der Waals surface area contributed by atoms with E-state index >= 15 is 9.59 Å². The molecular formula is C63H85N3O25. The van der Waals surface area contributed by atoms with E-state index in [1.165, 1.54) is 66.0 Å². The van der Waals surface area contributed by atoms with E-state index < -0.39 is 224 Å². The van der Waals surface area contributed by atoms with E-state index in [2.05, 4.69) is 10.6 Å². The maximum atomic E-state index is 15.9. The van der Waals surface area contributed by atoms with Crippen molar-refractivity contribution in [3.8, 4) is 0 Å². The van der Waals surface area contributed by atoms with Crippen molar-refractivity contribution in [1.82, 2.24) is 10.6 Å². The number of Topliss-reactive ketones (excluding diaryl/α,β-unsaturated/α-hetero) is 1. The van der Waals surface area contributed by atoms with Gasteiger partial charge in [-0.15, -0.1) is 0 Å². The van der Waals surface area contributed by atoms with Gasteiger partial charge in [-0.3, -0.25) is 24.0 Å². The number of methoxy groups -OCH3 is 1. The average Bonchev–Trinajstić information content (AvgIpc) is 0.671. The fraction of sp³-hybridized carbons (Fsp3) is 0.651. The molecule has 5 fully saturated rings. The number of hydrogen-bond donors (Lipinski definition) is 9. The normalized spacial score (nSPS) is 35.8. The standard InChI is InChI=1S/C63H85N3O25/c1-29-35(25-63(80)53(89-54(77)34-20-16-13-17-21-34)51-61(10,38(71)24-39-62(51,28-82-39)90-32(4)70)52(76)49(83-31(3)69)42(29)60(63,8)9)84-55(78)50(44(33-18-14-12-15-19-33)66-58(79)91-59(5,6)7)87-41(73)23-22-40(72)65-45-46(74)30(2)36(26-67)85-57(45)88-48-37(27-68)86-56(81-11)43(64)47(48)75/h12-21,30,35-39,43-51,53,56-57,67-68,71,74-75,80H,22-28,64H2,1-11H3,(H,65,72)(H,66,79)/t30?,35-,36?,37?,38-,39+,43?,44?,45?,46?,47?,48?,49+,50?,51-,53?,56?,57?,61+,62-,63+/m0/s1. The summed E-state index contributed by atoms with van der Waals surface area (Å²) in [6.45, 7) is 12.4. The highest BCUT2D eigenvalue weighted by Crippen LogP contribution is 2.64. The summed E-state index contributed by atoms with van der Waals surface area (Å²) < 4.78 is 65.4. The summed E-state index contributed by atoms with van der Waals surface area (Å²) in [6, 6.07) is 10.9. The van der Waals surface area contributed by atoms with E-state index in [1.807, 2.05) is 0 Å². The van der Waals surface area contributed by atoms with Crippen molar-refractivity contribution < 1.29 is 121 Å². The molecule has 3 aliphatic heterocycles. The number of fused-ring (bicyclic) bond motifs is 5. The van der Waals surface area contributed by atoms with Crippen molar-refractivity contribution in [2.75, 3.05) is 26.9 Å². The number of benzene rings is 2. The zero-order valence-corrected chi connectivity index (χ0v) is 52.6. The molecule has 21 atom stereocenters. The largest absolute Gasteiger partial charge is 0.455 e. The number of amides is 2. The fourth-order valence-electron chi connectivity index (χ4n) is 13.8. The Hall–Kier alpha value is -6.54. The topological polar surface area (TPSA) is 410 Å². The van der Waals surface area contributed by atoms with E-state index in [-0.39, 0.29) is 28.7 Å². The van der Waals surface area contributed by atoms with Crippen LogP contribution >= 0.6 is 0 Å². The molecule has 2 amide bonds. The number of hydrogen-bond acceptors (Lipinski definition) is 26. The number of aliphatic hydroxyl groups excluding tert-OH is 5. The molecule has 0 aromatic heterocycles. The highest BCUT2D eigenvalue weighted by Gasteiger charge is 2.78. The van der Waals surface area contributed by atoms with Gasteiger partial charge in [0.25, 0.3) is 0 Å². The number of nitrogens with two attached hydrogens (primary N) is 1. The van der Waals surface area contributed by atoms with Gasteiger partial charge in [0.1, 0.15) is 59.9 Å². The predicted molar refractivity (Wildman–Crippen MR) is 311 cm³/mol. The molecule has 0 radical (unpaired) electrons. The van der Waals surface area contributed by atoms with Crippen LogP contribution in [-0.4, -0.2) is 214 Å². The summed E-state index contributed by atoms with van der Waals surface area (Å²) in [5.74, 6) is -10.00. The number of carbonyl (C=O) groups excluding carboxylic acids is 8. The van der Waals surface area contributed by atoms with Crippen LogP contribution in [0.4, 0.5) is 4.79 Å². The number of ether oxygens (including phenoxy) is 11. The number of ketones is 1. The van der Waals surface area contributed by atoms with Crippen molar-refractivity contribution >= 4 is 47.6 Å². The lowest BCUT2D eigenvalue weighted by atomic mass is 9.44. The van der Waals surface area contributed by atoms with E-state index in [0.29, 0.717) is 0 Å². The zero-order chi connectivity index (χ0) is 67.0. The van der Waals surface area contributed by atoms with Crippen LogP contribution in [0.15, 0.2) is 71.8 Å². The van der Waals surface area contributed by atoms with E-state index in [9.17, 15) is 59.4 Å². The SMILES string of the molecule is COC1OC(CO)C(OC2OC(CO)C(C)C(O)C2NC(=O)CCC(=O)OC(C(=O)O[C@H]2C[C@@]3(O)C(OC(=O)c4ccccc4)[C@@H]4[C@]5(OC(C)=O)CO[C@@H]5C[C@H](O)[C@@]4(C)C(=O)[C@H](OC(C)=O)C(=C2C)C3(C)C)C(NC(=O)OC(C)(C)C)c2ccccc2)C(O)C1N. The lowest BCUT2D eigenvalue weighted by Gasteiger charge is -2.67. The highest BCUT2D eigenvalue weighted by molar-refractivity contribution is 5.96. The van der Waals surface area contributed by atoms with Crippen LogP contribution in [-0.2, 0) is 80.9 Å². The van der Waals surface area contributed by atoms with Gasteiger partial charge in [0.05, 0.1) is 67.5 Å². The third-order valence-electron chi connectivity index (χ3n) is 18.6. The molecule has 10 N–H and O–H groups in total. The third-order valence-corrected chi connectivity index (χ3v) is 18.6. The molecule has 3 saturated heterocycles. The average molecular weight is 1280 g/mol. The monoisotopic (exact) mass is 1280 g/mol. The minimum Gasteiger partial charge on any atom is -0.455 e. The van der Waals surface area contributed by atoms with E-state index in [1.54, 1.807) is 57.2 Å². The number of rotatable bonds is 19. The first-order valence-electron chi connectivity index (χ1n) is 30.2. The Morgan fingerprint density at radius 1 is 0.835 bits per heavy atom. The van der Waals surface area contributed by atoms with Crippen molar-refractivity contribution in [2.24, 2.45) is 28.4 Å². The summed E-state index contributed by atoms with van der Waals surface area (Å²) in [5.41, 5.74) is -3.52. The van der Waals surface area contributed by atoms with Crippen LogP contribution in [0.1, 0.15) is 117 Å². The smallest absolute Gasteiger partial charge is 0.408 e. The van der Waals surface area contributed by atoms with Crippen molar-refractivity contribution in [1.29, 1.82) is 0 Å². The molecule has 3 aliphatic carbocycles. The molecule has 2 saturated carbocycles. The summed E-state index contributed by atoms with van der Waals surface area (Å²) in [5, 5.41) is 74.8. The van der Waals surface area contributed by atoms with Gasteiger partial charge in [-0.2, -0.15) is 0 Å². The number of nitrogens with one attached hydrogen (secondary N) is 2. The van der Waals surface area contributed by atoms with Crippen LogP contribution in [0.25, 0.3) is 0 Å². The molecule has 2 aromatic carbocycles. The van der Waals surface area contributed by atoms with Crippen LogP contribution < -0.4 is 16.4 Å². The third kappa shape index (κ3) is 13.8. The lowest BCUT2D eigenvalue weighted by Crippen LogP contribution is -2.82. The Morgan fingerprint density at radius 3 is 2.03 bits per heavy atom. The fourth-order valence-corrected chi connectivity index (χ4v) is 13.8. The van der Waals surface area contributed by atoms with Crippen molar-refractivity contribution in [2.45, 2.75) is 210 Å². The molecule has 13 unspecified atom stereocenters. The summed E-state index contributed by atoms with van der Waals surface area (Å²) in [4.78, 5) is 115. The first kappa shape index (κ1) is 70.3. The van der Waals surface area contributed by atoms with Crippen LogP contribution in [0.5, 0.6) is 0 Å². The lowest BCUT2D eigenvalue weighted by molar-refractivity contribution is -0.346. The van der Waals surface area contributed by atoms with Crippen LogP contribution in [0, 0.1) is 22.7 Å². The number of carbonyl (C=O) groups is 8. The molecule has 0 spiro atoms. The van der Waals surface area contributed by atoms with Crippen LogP contribution in [0.3, 0.4) is 0 Å². The highest BCUT2D eigenvalue weighted by atomic mass is 16.7. The molecule has 2 bridgehead atoms. The molecule has 6 aliphatic rings. The molecule has 502 valence electrons. The number of alkyl carbamates (subject to hydrolysis) is 1. The summed E-state index contributed by atoms with van der Waals surface area (Å²) in [7, 11) is 1.27. The summed E-state index contributed by atoms with van der Waals surface area (Å²) in [6.07, 6.45) is -24.1. The Balaban J connectivity index is 1.18. The first-order valence-corrected chi connectivity index (χ1v) is 30.2. The maximum absolute atomic E-state index is 15.9. The van der Waals surface area contributed by atoms with Crippen molar-refractivity contribution in [3.05, 3.63) is 82.9 Å². The van der Waals surface area contributed by atoms with Gasteiger partial charge in [0, 0.05) is 51.6 Å². The number of esters is 5. The second kappa shape index (κ2) is 27.6. The predicted octanol–water partition coefficient (Wildman–Crippen LogP) is 0.798. The molecule has 28 nitrogen and oxygen atoms in total. The Bertz CT molecular complexity index is 3050. The van der Waals surface area contributed by atoms with Gasteiger partial charge in [-0.25, -0.2) is 14.4 Å². The van der Waals surface area contributed by atoms with Gasteiger partial charge < -0.3 is 99.1 Å². The molecular weight excluding hydrogens is 1200 g/mol. The van der Waals surface area contributed by atoms with Gasteiger partial charge >= 0.3 is 35.9 Å². The number of aliphatic hydroxyl groups is 6. The van der Waals surface area contributed by atoms with Gasteiger partial charge in [-0.05, 0) is 63.5 Å². The Labute approximate surface area is 525 Å². The van der Waals surface area contributed by atoms with Gasteiger partial charge in [0.2, 0.25) is 12.0 Å². The minimum absolute atomic E-state index is 0.0102. The second-order valence-corrected chi connectivity index (χ2v) is 25.9. The molecule has 91 heavy (non-hydrogen) atoms. The zero-order valence-electron chi connectivity index (χ0n) is 52.6. The molecule has 2 aromatic rings. The summed E-state index contributed by atoms with van der Waals surface area (Å²) >= 11 is 0. The second-order valence-electron chi connectivity index (χ2n) is 25.9. The quantitative estimate of drug-likeness (QED) is 0.0533. The van der Waals surface area contributed by atoms with E-state index in [0.717, 1.165) is 13.8 Å². The van der Waals surface area contributed by atoms with Crippen LogP contribution in [0.2, 0.25) is 0 Å². The van der Waals surface area contributed by atoms with Crippen molar-refractivity contribution in [3.63, 3.8) is 0 Å². The molecule has 3 heterocycles. The van der Waals surface area contributed by atoms with Gasteiger partial charge in [-0.1, -0.05) is 69.3 Å². The Kier molecular flexibility index (Phi) is 21.3.